The van der Waals surface area contributed by atoms with E-state index in [1.807, 2.05) is 0 Å². The normalized spacial score (nSPS) is 17.8. The van der Waals surface area contributed by atoms with E-state index in [4.69, 9.17) is 29.9 Å². The van der Waals surface area contributed by atoms with Crippen LogP contribution in [0.3, 0.4) is 0 Å². The molecule has 0 spiro atoms. The van der Waals surface area contributed by atoms with Crippen molar-refractivity contribution in [3.8, 4) is 0 Å². The summed E-state index contributed by atoms with van der Waals surface area (Å²) in [5, 5.41) is 35.7. The molecule has 0 rings (SSSR count). The van der Waals surface area contributed by atoms with E-state index >= 15 is 0 Å². The number of ether oxygens (including phenoxy) is 2. The van der Waals surface area contributed by atoms with Crippen molar-refractivity contribution in [2.24, 2.45) is 0 Å². The van der Waals surface area contributed by atoms with Gasteiger partial charge in [-0.2, -0.15) is 12.6 Å². The lowest BCUT2D eigenvalue weighted by molar-refractivity contribution is -0.279. The van der Waals surface area contributed by atoms with Gasteiger partial charge < -0.3 is 29.9 Å². The maximum absolute atomic E-state index is 9.15. The Morgan fingerprint density at radius 2 is 1.87 bits per heavy atom. The Bertz CT molecular complexity index is 154. The van der Waals surface area contributed by atoms with Crippen molar-refractivity contribution in [1.82, 2.24) is 0 Å². The molecule has 92 valence electrons. The SMILES string of the molecule is C[C@H](O)C(CO)OC(OCCS)C(O)O. The number of thiol groups is 1. The first-order valence-electron chi connectivity index (χ1n) is 4.56. The van der Waals surface area contributed by atoms with E-state index in [1.165, 1.54) is 6.92 Å². The summed E-state index contributed by atoms with van der Waals surface area (Å²) < 4.78 is 9.88. The standard InChI is InChI=1S/C8H18O6S/c1-5(10)6(4-9)14-8(7(11)12)13-2-3-15/h5-12,15H,2-4H2,1H3/t5-,6?,8?/m0/s1. The molecule has 0 aliphatic carbocycles. The lowest BCUT2D eigenvalue weighted by Gasteiger charge is -2.26. The quantitative estimate of drug-likeness (QED) is 0.258. The molecule has 2 unspecified atom stereocenters. The monoisotopic (exact) mass is 242 g/mol. The molecular formula is C8H18O6S. The molecule has 0 radical (unpaired) electrons. The minimum atomic E-state index is -1.84. The summed E-state index contributed by atoms with van der Waals surface area (Å²) >= 11 is 3.88. The van der Waals surface area contributed by atoms with Crippen molar-refractivity contribution in [3.63, 3.8) is 0 Å². The van der Waals surface area contributed by atoms with Crippen molar-refractivity contribution in [2.75, 3.05) is 19.0 Å². The highest BCUT2D eigenvalue weighted by atomic mass is 32.1. The molecule has 0 heterocycles. The van der Waals surface area contributed by atoms with Gasteiger partial charge in [0.2, 0.25) is 12.6 Å². The van der Waals surface area contributed by atoms with Gasteiger partial charge in [0.05, 0.1) is 19.3 Å². The Labute approximate surface area is 93.9 Å². The summed E-state index contributed by atoms with van der Waals surface area (Å²) in [6, 6.07) is 0. The second-order valence-electron chi connectivity index (χ2n) is 2.97. The van der Waals surface area contributed by atoms with E-state index in [9.17, 15) is 0 Å². The minimum Gasteiger partial charge on any atom is -0.394 e. The van der Waals surface area contributed by atoms with Crippen LogP contribution in [0.25, 0.3) is 0 Å². The van der Waals surface area contributed by atoms with Gasteiger partial charge in [-0.25, -0.2) is 0 Å². The molecule has 0 bridgehead atoms. The van der Waals surface area contributed by atoms with E-state index in [1.54, 1.807) is 0 Å². The Morgan fingerprint density at radius 1 is 1.27 bits per heavy atom. The van der Waals surface area contributed by atoms with Gasteiger partial charge >= 0.3 is 0 Å². The summed E-state index contributed by atoms with van der Waals surface area (Å²) in [5.41, 5.74) is 0. The fourth-order valence-corrected chi connectivity index (χ4v) is 0.951. The van der Waals surface area contributed by atoms with E-state index in [-0.39, 0.29) is 6.61 Å². The number of aliphatic hydroxyl groups is 4. The van der Waals surface area contributed by atoms with Crippen LogP contribution in [0.5, 0.6) is 0 Å². The Kier molecular flexibility index (Phi) is 8.34. The molecule has 0 aromatic rings. The molecule has 3 atom stereocenters. The van der Waals surface area contributed by atoms with Crippen molar-refractivity contribution in [1.29, 1.82) is 0 Å². The molecule has 4 N–H and O–H groups in total. The van der Waals surface area contributed by atoms with Gasteiger partial charge in [0.15, 0.2) is 0 Å². The number of aliphatic hydroxyl groups excluding tert-OH is 3. The summed E-state index contributed by atoms with van der Waals surface area (Å²) in [6.07, 6.45) is -4.99. The predicted molar refractivity (Wildman–Crippen MR) is 55.5 cm³/mol. The van der Waals surface area contributed by atoms with Crippen LogP contribution in [-0.2, 0) is 9.47 Å². The Morgan fingerprint density at radius 3 is 2.20 bits per heavy atom. The third-order valence-electron chi connectivity index (χ3n) is 1.64. The molecular weight excluding hydrogens is 224 g/mol. The molecule has 0 fully saturated rings. The highest BCUT2D eigenvalue weighted by Gasteiger charge is 2.25. The number of hydrogen-bond donors (Lipinski definition) is 5. The first kappa shape index (κ1) is 15.1. The Balaban J connectivity index is 4.12. The fraction of sp³-hybridized carbons (Fsp3) is 1.00. The van der Waals surface area contributed by atoms with E-state index in [0.717, 1.165) is 0 Å². The average Bonchev–Trinajstić information content (AvgIpc) is 2.17. The van der Waals surface area contributed by atoms with Crippen molar-refractivity contribution in [3.05, 3.63) is 0 Å². The van der Waals surface area contributed by atoms with Crippen LogP contribution in [0.4, 0.5) is 0 Å². The molecule has 6 nitrogen and oxygen atoms in total. The molecule has 0 aliphatic heterocycles. The maximum atomic E-state index is 9.15. The molecule has 15 heavy (non-hydrogen) atoms. The predicted octanol–water partition coefficient (Wildman–Crippen LogP) is -1.67. The number of rotatable bonds is 8. The fourth-order valence-electron chi connectivity index (χ4n) is 0.846. The van der Waals surface area contributed by atoms with Crippen molar-refractivity contribution < 1.29 is 29.9 Å². The van der Waals surface area contributed by atoms with Crippen molar-refractivity contribution >= 4 is 12.6 Å². The topological polar surface area (TPSA) is 99.4 Å². The van der Waals surface area contributed by atoms with Gasteiger partial charge in [-0.3, -0.25) is 0 Å². The summed E-state index contributed by atoms with van der Waals surface area (Å²) in [7, 11) is 0. The zero-order valence-electron chi connectivity index (χ0n) is 8.48. The average molecular weight is 242 g/mol. The lowest BCUT2D eigenvalue weighted by atomic mass is 10.2. The van der Waals surface area contributed by atoms with E-state index in [2.05, 4.69) is 12.6 Å². The third kappa shape index (κ3) is 6.31. The van der Waals surface area contributed by atoms with Gasteiger partial charge in [0.25, 0.3) is 0 Å². The molecule has 7 heteroatoms. The van der Waals surface area contributed by atoms with Crippen LogP contribution in [0, 0.1) is 0 Å². The molecule has 0 saturated carbocycles. The van der Waals surface area contributed by atoms with Crippen LogP contribution < -0.4 is 0 Å². The smallest absolute Gasteiger partial charge is 0.209 e. The summed E-state index contributed by atoms with van der Waals surface area (Å²) in [4.78, 5) is 0. The van der Waals surface area contributed by atoms with Gasteiger partial charge in [-0.05, 0) is 6.92 Å². The van der Waals surface area contributed by atoms with Crippen LogP contribution in [0.1, 0.15) is 6.92 Å². The minimum absolute atomic E-state index is 0.170. The van der Waals surface area contributed by atoms with Gasteiger partial charge in [0, 0.05) is 5.75 Å². The van der Waals surface area contributed by atoms with E-state index < -0.39 is 31.4 Å². The van der Waals surface area contributed by atoms with Crippen LogP contribution in [0.15, 0.2) is 0 Å². The second kappa shape index (κ2) is 8.28. The molecule has 0 amide bonds. The van der Waals surface area contributed by atoms with Gasteiger partial charge in [-0.15, -0.1) is 0 Å². The first-order valence-corrected chi connectivity index (χ1v) is 5.19. The second-order valence-corrected chi connectivity index (χ2v) is 3.42. The highest BCUT2D eigenvalue weighted by molar-refractivity contribution is 7.80. The third-order valence-corrected chi connectivity index (χ3v) is 1.83. The van der Waals surface area contributed by atoms with Crippen molar-refractivity contribution in [2.45, 2.75) is 31.7 Å². The molecule has 0 aliphatic rings. The largest absolute Gasteiger partial charge is 0.394 e. The first-order chi connectivity index (χ1) is 7.02. The van der Waals surface area contributed by atoms with Crippen LogP contribution in [-0.4, -0.2) is 64.2 Å². The zero-order valence-corrected chi connectivity index (χ0v) is 9.38. The van der Waals surface area contributed by atoms with Crippen LogP contribution in [0.2, 0.25) is 0 Å². The molecule has 0 saturated heterocycles. The Hall–Kier alpha value is 0.110. The summed E-state index contributed by atoms with van der Waals surface area (Å²) in [6.45, 7) is 1.15. The maximum Gasteiger partial charge on any atom is 0.209 e. The molecule has 0 aromatic heterocycles. The van der Waals surface area contributed by atoms with E-state index in [0.29, 0.717) is 5.75 Å². The zero-order chi connectivity index (χ0) is 11.8. The highest BCUT2D eigenvalue weighted by Crippen LogP contribution is 2.07. The van der Waals surface area contributed by atoms with Gasteiger partial charge in [0.1, 0.15) is 6.10 Å². The van der Waals surface area contributed by atoms with Gasteiger partial charge in [-0.1, -0.05) is 0 Å². The lowest BCUT2D eigenvalue weighted by Crippen LogP contribution is -2.41. The van der Waals surface area contributed by atoms with Crippen LogP contribution >= 0.6 is 12.6 Å². The molecule has 0 aromatic carbocycles. The summed E-state index contributed by atoms with van der Waals surface area (Å²) in [5.74, 6) is 0.394. The number of hydrogen-bond acceptors (Lipinski definition) is 7.